The molecule has 1 unspecified atom stereocenters. The van der Waals surface area contributed by atoms with E-state index in [4.69, 9.17) is 5.73 Å². The summed E-state index contributed by atoms with van der Waals surface area (Å²) in [4.78, 5) is 10.9. The minimum absolute atomic E-state index is 0.343. The second-order valence-corrected chi connectivity index (χ2v) is 2.54. The van der Waals surface area contributed by atoms with Crippen molar-refractivity contribution in [2.75, 3.05) is 13.3 Å². The maximum Gasteiger partial charge on any atom is 0.322 e. The monoisotopic (exact) mass is 177 g/mol. The van der Waals surface area contributed by atoms with E-state index in [2.05, 4.69) is 4.74 Å². The van der Waals surface area contributed by atoms with Crippen LogP contribution >= 0.6 is 0 Å². The molecule has 0 aliphatic heterocycles. The summed E-state index contributed by atoms with van der Waals surface area (Å²) in [6.45, 7) is 1.72. The van der Waals surface area contributed by atoms with Crippen LogP contribution in [-0.2, 0) is 9.53 Å². The Labute approximate surface area is 72.1 Å². The zero-order valence-corrected chi connectivity index (χ0v) is 7.38. The largest absolute Gasteiger partial charge is 0.465 e. The maximum absolute atomic E-state index is 11.6. The summed E-state index contributed by atoms with van der Waals surface area (Å²) in [6, 6.07) is -0.587. The first-order valence-corrected chi connectivity index (χ1v) is 4.20. The Balaban J connectivity index is 3.42. The fraction of sp³-hybridized carbons (Fsp3) is 0.875. The smallest absolute Gasteiger partial charge is 0.322 e. The molecule has 0 radical (unpaired) electrons. The summed E-state index contributed by atoms with van der Waals surface area (Å²) in [6.07, 6.45) is 1.60. The number of halogens is 1. The van der Waals surface area contributed by atoms with Gasteiger partial charge < -0.3 is 10.5 Å². The second kappa shape index (κ2) is 7.03. The van der Waals surface area contributed by atoms with E-state index in [0.717, 1.165) is 0 Å². The Morgan fingerprint density at radius 3 is 2.75 bits per heavy atom. The number of carbonyl (C=O) groups excluding carboxylic acids is 1. The van der Waals surface area contributed by atoms with Gasteiger partial charge in [-0.2, -0.15) is 0 Å². The van der Waals surface area contributed by atoms with Crippen LogP contribution in [0.3, 0.4) is 0 Å². The van der Waals surface area contributed by atoms with Crippen molar-refractivity contribution in [3.05, 3.63) is 0 Å². The molecular weight excluding hydrogens is 161 g/mol. The molecular formula is C8H16FNO2. The lowest BCUT2D eigenvalue weighted by Gasteiger charge is -2.08. The zero-order chi connectivity index (χ0) is 9.40. The molecule has 12 heavy (non-hydrogen) atoms. The lowest BCUT2D eigenvalue weighted by atomic mass is 10.1. The van der Waals surface area contributed by atoms with Gasteiger partial charge in [-0.25, -0.2) is 0 Å². The van der Waals surface area contributed by atoms with Gasteiger partial charge in [0.2, 0.25) is 0 Å². The number of unbranched alkanes of at least 4 members (excludes halogenated alkanes) is 1. The average Bonchev–Trinajstić information content (AvgIpc) is 2.05. The number of nitrogens with two attached hydrogens (primary N) is 1. The molecule has 0 spiro atoms. The Kier molecular flexibility index (Phi) is 6.66. The molecule has 0 aliphatic rings. The fourth-order valence-corrected chi connectivity index (χ4v) is 0.826. The van der Waals surface area contributed by atoms with Crippen molar-refractivity contribution in [3.8, 4) is 0 Å². The second-order valence-electron chi connectivity index (χ2n) is 2.54. The molecule has 0 aromatic rings. The van der Waals surface area contributed by atoms with Gasteiger partial charge in [0.1, 0.15) is 6.04 Å². The molecule has 4 heteroatoms. The van der Waals surface area contributed by atoms with Crippen molar-refractivity contribution in [3.63, 3.8) is 0 Å². The van der Waals surface area contributed by atoms with Gasteiger partial charge in [0.15, 0.2) is 0 Å². The highest BCUT2D eigenvalue weighted by Gasteiger charge is 2.12. The van der Waals surface area contributed by atoms with E-state index in [1.54, 1.807) is 6.92 Å². The molecule has 0 saturated heterocycles. The van der Waals surface area contributed by atoms with Crippen LogP contribution in [0.2, 0.25) is 0 Å². The first kappa shape index (κ1) is 11.4. The topological polar surface area (TPSA) is 52.3 Å². The number of alkyl halides is 1. The first-order chi connectivity index (χ1) is 5.72. The quantitative estimate of drug-likeness (QED) is 0.486. The summed E-state index contributed by atoms with van der Waals surface area (Å²) >= 11 is 0. The molecule has 3 nitrogen and oxygen atoms in total. The van der Waals surface area contributed by atoms with Gasteiger partial charge in [-0.1, -0.05) is 0 Å². The van der Waals surface area contributed by atoms with E-state index in [1.807, 2.05) is 0 Å². The van der Waals surface area contributed by atoms with Crippen LogP contribution in [0.4, 0.5) is 4.39 Å². The van der Waals surface area contributed by atoms with Gasteiger partial charge in [-0.3, -0.25) is 9.18 Å². The van der Waals surface area contributed by atoms with Crippen molar-refractivity contribution >= 4 is 5.97 Å². The minimum Gasteiger partial charge on any atom is -0.465 e. The van der Waals surface area contributed by atoms with Crippen LogP contribution in [-0.4, -0.2) is 25.3 Å². The first-order valence-electron chi connectivity index (χ1n) is 4.20. The molecule has 2 N–H and O–H groups in total. The van der Waals surface area contributed by atoms with E-state index in [9.17, 15) is 9.18 Å². The number of ether oxygens (including phenoxy) is 1. The molecule has 0 amide bonds. The summed E-state index contributed by atoms with van der Waals surface area (Å²) in [5, 5.41) is 0. The van der Waals surface area contributed by atoms with Crippen molar-refractivity contribution in [2.24, 2.45) is 5.73 Å². The van der Waals surface area contributed by atoms with Crippen LogP contribution in [0.15, 0.2) is 0 Å². The highest BCUT2D eigenvalue weighted by atomic mass is 19.1. The van der Waals surface area contributed by atoms with E-state index in [-0.39, 0.29) is 6.67 Å². The molecule has 0 heterocycles. The van der Waals surface area contributed by atoms with E-state index in [0.29, 0.717) is 25.9 Å². The molecule has 72 valence electrons. The fourth-order valence-electron chi connectivity index (χ4n) is 0.826. The molecule has 0 aromatic carbocycles. The third-order valence-electron chi connectivity index (χ3n) is 1.49. The summed E-state index contributed by atoms with van der Waals surface area (Å²) in [7, 11) is 0. The lowest BCUT2D eigenvalue weighted by molar-refractivity contribution is -0.144. The minimum atomic E-state index is -0.587. The summed E-state index contributed by atoms with van der Waals surface area (Å²) in [5.41, 5.74) is 5.45. The van der Waals surface area contributed by atoms with Crippen molar-refractivity contribution in [1.29, 1.82) is 0 Å². The summed E-state index contributed by atoms with van der Waals surface area (Å²) in [5.74, 6) is -0.392. The number of hydrogen-bond donors (Lipinski definition) is 1. The van der Waals surface area contributed by atoms with Crippen LogP contribution < -0.4 is 5.73 Å². The third kappa shape index (κ3) is 5.07. The number of carbonyl (C=O) groups is 1. The Bertz CT molecular complexity index is 130. The van der Waals surface area contributed by atoms with Gasteiger partial charge in [-0.05, 0) is 26.2 Å². The van der Waals surface area contributed by atoms with Gasteiger partial charge in [-0.15, -0.1) is 0 Å². The van der Waals surface area contributed by atoms with Gasteiger partial charge >= 0.3 is 5.97 Å². The normalized spacial score (nSPS) is 12.6. The van der Waals surface area contributed by atoms with E-state index >= 15 is 0 Å². The van der Waals surface area contributed by atoms with Crippen LogP contribution in [0.5, 0.6) is 0 Å². The van der Waals surface area contributed by atoms with Crippen molar-refractivity contribution < 1.29 is 13.9 Å². The Hall–Kier alpha value is -0.640. The van der Waals surface area contributed by atoms with E-state index < -0.39 is 12.0 Å². The number of hydrogen-bond acceptors (Lipinski definition) is 3. The number of esters is 1. The maximum atomic E-state index is 11.6. The van der Waals surface area contributed by atoms with Gasteiger partial charge in [0.25, 0.3) is 0 Å². The number of rotatable bonds is 6. The average molecular weight is 177 g/mol. The van der Waals surface area contributed by atoms with Gasteiger partial charge in [0.05, 0.1) is 13.3 Å². The zero-order valence-electron chi connectivity index (χ0n) is 7.38. The van der Waals surface area contributed by atoms with Crippen molar-refractivity contribution in [2.45, 2.75) is 32.2 Å². The molecule has 0 aromatic heterocycles. The van der Waals surface area contributed by atoms with Crippen LogP contribution in [0, 0.1) is 0 Å². The third-order valence-corrected chi connectivity index (χ3v) is 1.49. The Morgan fingerprint density at radius 2 is 2.25 bits per heavy atom. The predicted octanol–water partition coefficient (Wildman–Crippen LogP) is 1.02. The van der Waals surface area contributed by atoms with E-state index in [1.165, 1.54) is 0 Å². The molecule has 0 rings (SSSR count). The Morgan fingerprint density at radius 1 is 1.58 bits per heavy atom. The van der Waals surface area contributed by atoms with Crippen molar-refractivity contribution in [1.82, 2.24) is 0 Å². The molecule has 1 atom stereocenters. The summed E-state index contributed by atoms with van der Waals surface area (Å²) < 4.78 is 16.3. The van der Waals surface area contributed by atoms with Gasteiger partial charge in [0, 0.05) is 0 Å². The highest BCUT2D eigenvalue weighted by Crippen LogP contribution is 2.00. The van der Waals surface area contributed by atoms with Crippen LogP contribution in [0.25, 0.3) is 0 Å². The lowest BCUT2D eigenvalue weighted by Crippen LogP contribution is -2.32. The predicted molar refractivity (Wildman–Crippen MR) is 44.4 cm³/mol. The SMILES string of the molecule is CCOC(=O)C(N)CCCCF. The standard InChI is InChI=1S/C8H16FNO2/c1-2-12-8(11)7(10)5-3-4-6-9/h7H,2-6,10H2,1H3. The molecule has 0 fully saturated rings. The highest BCUT2D eigenvalue weighted by molar-refractivity contribution is 5.75. The molecule has 0 saturated carbocycles. The molecule has 0 bridgehead atoms. The van der Waals surface area contributed by atoms with Crippen LogP contribution in [0.1, 0.15) is 26.2 Å². The molecule has 0 aliphatic carbocycles.